The molecule has 4 saturated heterocycles. The monoisotopic (exact) mass is 851 g/mol. The summed E-state index contributed by atoms with van der Waals surface area (Å²) in [5.74, 6) is -1.86. The fraction of sp³-hybridized carbons (Fsp3) is 0.795. The smallest absolute Gasteiger partial charge is 0.311 e. The summed E-state index contributed by atoms with van der Waals surface area (Å²) >= 11 is 0. The van der Waals surface area contributed by atoms with Gasteiger partial charge in [-0.15, -0.1) is 0 Å². The second-order valence-electron chi connectivity index (χ2n) is 18.7. The number of rotatable bonds is 12. The van der Waals surface area contributed by atoms with Crippen molar-refractivity contribution in [3.8, 4) is 0 Å². The minimum atomic E-state index is -4.06. The SMILES string of the molecule is CC[C@H]1O[C@@]1(C)[C@H]1OC(=O)[C@H](C)[C@@H](OC2C[C@@](C)(OC)[C@@H](OS(=O)(=O)Cc3ccccc3)[C@H](C)O2)[C@H](C)[C@@H](OC2O[C@H](C)C[C@H](N(C)C)[C@H]2O)[C@@]2(C)CC(C)=C(O2)[C@H]1C. The van der Waals surface area contributed by atoms with Crippen molar-refractivity contribution in [2.75, 3.05) is 21.2 Å². The predicted octanol–water partition coefficient (Wildman–Crippen LogP) is 5.49. The number of carbonyl (C=O) groups is 1. The zero-order valence-electron chi connectivity index (χ0n) is 37.2. The second-order valence-corrected chi connectivity index (χ2v) is 20.3. The summed E-state index contributed by atoms with van der Waals surface area (Å²) in [7, 11) is 1.30. The average Bonchev–Trinajstić information content (AvgIpc) is 3.75. The van der Waals surface area contributed by atoms with Crippen molar-refractivity contribution in [2.24, 2.45) is 17.8 Å². The van der Waals surface area contributed by atoms with Crippen LogP contribution in [0.5, 0.6) is 0 Å². The number of epoxide rings is 1. The number of nitrogens with zero attached hydrogens (tertiary/aromatic N) is 1. The van der Waals surface area contributed by atoms with Crippen LogP contribution in [0.3, 0.4) is 0 Å². The highest BCUT2D eigenvalue weighted by atomic mass is 32.2. The van der Waals surface area contributed by atoms with Crippen LogP contribution in [0, 0.1) is 17.8 Å². The molecule has 2 unspecified atom stereocenters. The van der Waals surface area contributed by atoms with Gasteiger partial charge in [0.15, 0.2) is 12.6 Å². The molecule has 17 atom stereocenters. The van der Waals surface area contributed by atoms with E-state index in [0.29, 0.717) is 18.4 Å². The molecule has 5 heterocycles. The van der Waals surface area contributed by atoms with Crippen molar-refractivity contribution in [1.82, 2.24) is 4.90 Å². The number of benzene rings is 1. The van der Waals surface area contributed by atoms with Crippen LogP contribution in [0.15, 0.2) is 41.7 Å². The summed E-state index contributed by atoms with van der Waals surface area (Å²) in [6.45, 7) is 19.3. The predicted molar refractivity (Wildman–Crippen MR) is 218 cm³/mol. The van der Waals surface area contributed by atoms with E-state index in [-0.39, 0.29) is 36.3 Å². The van der Waals surface area contributed by atoms with Gasteiger partial charge in [-0.3, -0.25) is 8.98 Å². The summed E-state index contributed by atoms with van der Waals surface area (Å²) in [5.41, 5.74) is -1.28. The van der Waals surface area contributed by atoms with E-state index in [0.717, 1.165) is 17.8 Å². The third kappa shape index (κ3) is 9.45. The topological polar surface area (TPSA) is 161 Å². The third-order valence-corrected chi connectivity index (χ3v) is 14.8. The van der Waals surface area contributed by atoms with E-state index in [1.807, 2.05) is 73.5 Å². The molecule has 1 aromatic carbocycles. The minimum absolute atomic E-state index is 0.0741. The quantitative estimate of drug-likeness (QED) is 0.160. The molecule has 334 valence electrons. The number of hydrogen-bond donors (Lipinski definition) is 1. The molecule has 14 nitrogen and oxygen atoms in total. The first kappa shape index (κ1) is 46.3. The highest BCUT2D eigenvalue weighted by Gasteiger charge is 2.63. The Morgan fingerprint density at radius 3 is 2.25 bits per heavy atom. The summed E-state index contributed by atoms with van der Waals surface area (Å²) in [4.78, 5) is 16.6. The van der Waals surface area contributed by atoms with E-state index in [1.165, 1.54) is 7.11 Å². The molecule has 0 aliphatic carbocycles. The Morgan fingerprint density at radius 2 is 1.64 bits per heavy atom. The fourth-order valence-electron chi connectivity index (χ4n) is 10.3. The first-order valence-corrected chi connectivity index (χ1v) is 22.9. The molecule has 6 rings (SSSR count). The zero-order valence-corrected chi connectivity index (χ0v) is 38.0. The molecule has 4 fully saturated rings. The van der Waals surface area contributed by atoms with Crippen LogP contribution in [-0.4, -0.2) is 130 Å². The lowest BCUT2D eigenvalue weighted by molar-refractivity contribution is -0.314. The van der Waals surface area contributed by atoms with Gasteiger partial charge >= 0.3 is 5.97 Å². The Balaban J connectivity index is 1.35. The molecule has 5 aliphatic heterocycles. The number of aliphatic hydroxyl groups excluding tert-OH is 1. The first-order chi connectivity index (χ1) is 27.6. The highest BCUT2D eigenvalue weighted by Crippen LogP contribution is 2.52. The zero-order chi connectivity index (χ0) is 43.4. The van der Waals surface area contributed by atoms with Crippen LogP contribution < -0.4 is 0 Å². The van der Waals surface area contributed by atoms with Gasteiger partial charge in [0.25, 0.3) is 10.1 Å². The maximum atomic E-state index is 14.6. The lowest BCUT2D eigenvalue weighted by atomic mass is 9.79. The molecular weight excluding hydrogens is 783 g/mol. The average molecular weight is 852 g/mol. The number of esters is 1. The number of ether oxygens (including phenoxy) is 8. The maximum absolute atomic E-state index is 14.6. The van der Waals surface area contributed by atoms with Crippen LogP contribution in [-0.2, 0) is 62.7 Å². The summed E-state index contributed by atoms with van der Waals surface area (Å²) in [6, 6.07) is 8.60. The van der Waals surface area contributed by atoms with Crippen LogP contribution in [0.2, 0.25) is 0 Å². The fourth-order valence-corrected chi connectivity index (χ4v) is 11.6. The van der Waals surface area contributed by atoms with Gasteiger partial charge in [0.2, 0.25) is 0 Å². The van der Waals surface area contributed by atoms with Gasteiger partial charge in [0.05, 0.1) is 41.9 Å². The molecule has 1 N–H and O–H groups in total. The Hall–Kier alpha value is -2.18. The Bertz CT molecular complexity index is 1780. The number of carbonyl (C=O) groups excluding carboxylic acids is 1. The Kier molecular flexibility index (Phi) is 13.8. The summed E-state index contributed by atoms with van der Waals surface area (Å²) in [5, 5.41) is 11.7. The summed E-state index contributed by atoms with van der Waals surface area (Å²) < 4.78 is 85.2. The van der Waals surface area contributed by atoms with E-state index in [1.54, 1.807) is 45.0 Å². The van der Waals surface area contributed by atoms with Crippen molar-refractivity contribution in [2.45, 2.75) is 185 Å². The van der Waals surface area contributed by atoms with Crippen molar-refractivity contribution in [1.29, 1.82) is 0 Å². The summed E-state index contributed by atoms with van der Waals surface area (Å²) in [6.07, 6.45) is -5.45. The highest BCUT2D eigenvalue weighted by molar-refractivity contribution is 7.85. The van der Waals surface area contributed by atoms with Crippen LogP contribution >= 0.6 is 0 Å². The number of hydrogen-bond acceptors (Lipinski definition) is 14. The molecule has 0 spiro atoms. The molecule has 0 aromatic heterocycles. The number of fused-ring (bicyclic) bond motifs is 2. The molecule has 0 saturated carbocycles. The molecular formula is C44H69NO13S. The standard InChI is InChI=1S/C44H69NO13S/c1-14-32-44(10,56-32)38-26(4)35-24(2)21-43(9,57-35)37(55-41-34(46)31(45(11)12)20-25(3)51-41)27(5)36(28(6)40(47)54-38)53-33-22-42(8,50-13)39(29(7)52-33)58-59(48,49)23-30-18-16-15-17-19-30/h15-19,25-29,31-34,36-39,41,46H,14,20-23H2,1-13H3/t25-,26-,27+,28-,29+,31+,32-,33?,34-,36+,37-,38+,39+,41?,42-,43-,44-/m1/s1. The van der Waals surface area contributed by atoms with Gasteiger partial charge in [0, 0.05) is 31.9 Å². The van der Waals surface area contributed by atoms with Gasteiger partial charge in [-0.25, -0.2) is 0 Å². The van der Waals surface area contributed by atoms with Gasteiger partial charge < -0.3 is 47.9 Å². The maximum Gasteiger partial charge on any atom is 0.311 e. The second kappa shape index (κ2) is 17.5. The molecule has 15 heteroatoms. The Labute approximate surface area is 351 Å². The van der Waals surface area contributed by atoms with E-state index in [9.17, 15) is 18.3 Å². The number of cyclic esters (lactones) is 1. The van der Waals surface area contributed by atoms with Crippen LogP contribution in [0.1, 0.15) is 100 Å². The minimum Gasteiger partial charge on any atom is -0.488 e. The molecule has 59 heavy (non-hydrogen) atoms. The van der Waals surface area contributed by atoms with Crippen LogP contribution in [0.25, 0.3) is 0 Å². The lowest BCUT2D eigenvalue weighted by Crippen LogP contribution is -2.60. The normalized spacial score (nSPS) is 44.5. The molecule has 0 amide bonds. The van der Waals surface area contributed by atoms with E-state index >= 15 is 0 Å². The molecule has 1 aromatic rings. The molecule has 2 bridgehead atoms. The largest absolute Gasteiger partial charge is 0.488 e. The van der Waals surface area contributed by atoms with Gasteiger partial charge in [0.1, 0.15) is 47.1 Å². The van der Waals surface area contributed by atoms with Gasteiger partial charge in [-0.05, 0) is 86.5 Å². The van der Waals surface area contributed by atoms with Crippen molar-refractivity contribution >= 4 is 16.1 Å². The van der Waals surface area contributed by atoms with Gasteiger partial charge in [-0.2, -0.15) is 8.42 Å². The van der Waals surface area contributed by atoms with E-state index in [4.69, 9.17) is 42.1 Å². The van der Waals surface area contributed by atoms with Crippen LogP contribution in [0.4, 0.5) is 0 Å². The van der Waals surface area contributed by atoms with Crippen molar-refractivity contribution in [3.05, 3.63) is 47.2 Å². The molecule has 5 aliphatic rings. The number of aliphatic hydroxyl groups is 1. The van der Waals surface area contributed by atoms with Gasteiger partial charge in [-0.1, -0.05) is 51.1 Å². The van der Waals surface area contributed by atoms with E-state index < -0.39 is 93.9 Å². The Morgan fingerprint density at radius 1 is 0.966 bits per heavy atom. The van der Waals surface area contributed by atoms with E-state index in [2.05, 4.69) is 0 Å². The van der Waals surface area contributed by atoms with Crippen molar-refractivity contribution in [3.63, 3.8) is 0 Å². The third-order valence-electron chi connectivity index (χ3n) is 13.6. The first-order valence-electron chi connectivity index (χ1n) is 21.3. The van der Waals surface area contributed by atoms with Crippen molar-refractivity contribution < 1.29 is 60.4 Å². The number of likely N-dealkylation sites (N-methyl/N-ethyl adjacent to an activating group) is 1. The number of methoxy groups -OCH3 is 1. The lowest BCUT2D eigenvalue weighted by Gasteiger charge is -2.49. The molecule has 0 radical (unpaired) electrons.